The average molecular weight is 279 g/mol. The van der Waals surface area contributed by atoms with Crippen LogP contribution in [0.5, 0.6) is 0 Å². The first-order chi connectivity index (χ1) is 8.95. The molecule has 0 radical (unpaired) electrons. The molecule has 0 fully saturated rings. The van der Waals surface area contributed by atoms with E-state index in [4.69, 9.17) is 5.26 Å². The minimum atomic E-state index is -3.62. The summed E-state index contributed by atoms with van der Waals surface area (Å²) in [6, 6.07) is 6.46. The quantitative estimate of drug-likeness (QED) is 0.808. The van der Waals surface area contributed by atoms with Gasteiger partial charge in [0, 0.05) is 25.7 Å². The number of sulfonamides is 1. The standard InChI is InChI=1S/C12H13N3O3S/c1-15-11-4-3-10(7-9(11)8-12(15)16)19(17,18)14-6-2-5-13/h3-4,7,14H,2,6,8H2,1H3. The second-order valence-corrected chi connectivity index (χ2v) is 5.99. The van der Waals surface area contributed by atoms with Gasteiger partial charge in [-0.05, 0) is 23.8 Å². The number of hydrogen-bond donors (Lipinski definition) is 1. The van der Waals surface area contributed by atoms with Crippen LogP contribution < -0.4 is 9.62 Å². The molecule has 1 aliphatic heterocycles. The molecule has 0 spiro atoms. The Hall–Kier alpha value is -1.91. The van der Waals surface area contributed by atoms with Crippen LogP contribution in [0, 0.1) is 11.3 Å². The van der Waals surface area contributed by atoms with Gasteiger partial charge in [0.1, 0.15) is 0 Å². The summed E-state index contributed by atoms with van der Waals surface area (Å²) >= 11 is 0. The fourth-order valence-corrected chi connectivity index (χ4v) is 3.02. The van der Waals surface area contributed by atoms with Crippen LogP contribution in [0.3, 0.4) is 0 Å². The van der Waals surface area contributed by atoms with Crippen LogP contribution in [0.25, 0.3) is 0 Å². The number of nitriles is 1. The maximum Gasteiger partial charge on any atom is 0.240 e. The second-order valence-electron chi connectivity index (χ2n) is 4.23. The summed E-state index contributed by atoms with van der Waals surface area (Å²) in [4.78, 5) is 13.2. The van der Waals surface area contributed by atoms with Gasteiger partial charge in [0.05, 0.1) is 17.4 Å². The SMILES string of the molecule is CN1C(=O)Cc2cc(S(=O)(=O)NCCC#N)ccc21. The van der Waals surface area contributed by atoms with Crippen molar-refractivity contribution in [3.05, 3.63) is 23.8 Å². The minimum absolute atomic E-state index is 0.0537. The maximum absolute atomic E-state index is 12.0. The number of rotatable bonds is 4. The molecule has 1 aliphatic rings. The van der Waals surface area contributed by atoms with Gasteiger partial charge in [0.15, 0.2) is 0 Å². The molecule has 19 heavy (non-hydrogen) atoms. The fourth-order valence-electron chi connectivity index (χ4n) is 1.94. The van der Waals surface area contributed by atoms with Gasteiger partial charge in [-0.25, -0.2) is 13.1 Å². The fraction of sp³-hybridized carbons (Fsp3) is 0.333. The molecule has 6 nitrogen and oxygen atoms in total. The van der Waals surface area contributed by atoms with Gasteiger partial charge in [0.2, 0.25) is 15.9 Å². The summed E-state index contributed by atoms with van der Waals surface area (Å²) < 4.78 is 26.2. The summed E-state index contributed by atoms with van der Waals surface area (Å²) in [5, 5.41) is 8.39. The Bertz CT molecular complexity index is 661. The summed E-state index contributed by atoms with van der Waals surface area (Å²) in [5.74, 6) is -0.0537. The van der Waals surface area contributed by atoms with E-state index in [1.54, 1.807) is 13.1 Å². The van der Waals surface area contributed by atoms with Gasteiger partial charge in [-0.2, -0.15) is 5.26 Å². The largest absolute Gasteiger partial charge is 0.315 e. The van der Waals surface area contributed by atoms with Crippen molar-refractivity contribution in [1.29, 1.82) is 5.26 Å². The molecule has 0 saturated heterocycles. The molecule has 1 N–H and O–H groups in total. The number of likely N-dealkylation sites (N-methyl/N-ethyl adjacent to an activating group) is 1. The molecule has 0 unspecified atom stereocenters. The highest BCUT2D eigenvalue weighted by Gasteiger charge is 2.25. The highest BCUT2D eigenvalue weighted by Crippen LogP contribution is 2.29. The van der Waals surface area contributed by atoms with Crippen LogP contribution in [0.4, 0.5) is 5.69 Å². The molecule has 1 aromatic rings. The Balaban J connectivity index is 2.27. The van der Waals surface area contributed by atoms with E-state index in [-0.39, 0.29) is 30.2 Å². The second kappa shape index (κ2) is 4.99. The lowest BCUT2D eigenvalue weighted by Crippen LogP contribution is -2.24. The van der Waals surface area contributed by atoms with E-state index in [0.717, 1.165) is 5.69 Å². The summed E-state index contributed by atoms with van der Waals surface area (Å²) in [6.45, 7) is 0.0781. The van der Waals surface area contributed by atoms with E-state index in [2.05, 4.69) is 4.72 Å². The van der Waals surface area contributed by atoms with Crippen LogP contribution >= 0.6 is 0 Å². The molecular weight excluding hydrogens is 266 g/mol. The van der Waals surface area contributed by atoms with Gasteiger partial charge >= 0.3 is 0 Å². The number of benzene rings is 1. The van der Waals surface area contributed by atoms with Crippen molar-refractivity contribution in [3.63, 3.8) is 0 Å². The number of nitrogens with zero attached hydrogens (tertiary/aromatic N) is 2. The lowest BCUT2D eigenvalue weighted by atomic mass is 10.2. The van der Waals surface area contributed by atoms with E-state index in [9.17, 15) is 13.2 Å². The first-order valence-corrected chi connectivity index (χ1v) is 7.20. The zero-order chi connectivity index (χ0) is 14.0. The number of fused-ring (bicyclic) bond motifs is 1. The summed E-state index contributed by atoms with van der Waals surface area (Å²) in [7, 11) is -1.96. The molecule has 0 aromatic heterocycles. The highest BCUT2D eigenvalue weighted by atomic mass is 32.2. The average Bonchev–Trinajstić information content (AvgIpc) is 2.65. The Morgan fingerprint density at radius 1 is 1.47 bits per heavy atom. The predicted molar refractivity (Wildman–Crippen MR) is 69.0 cm³/mol. The van der Waals surface area contributed by atoms with Crippen molar-refractivity contribution in [2.24, 2.45) is 0 Å². The van der Waals surface area contributed by atoms with Crippen molar-refractivity contribution in [2.75, 3.05) is 18.5 Å². The molecule has 1 heterocycles. The minimum Gasteiger partial charge on any atom is -0.315 e. The van der Waals surface area contributed by atoms with Gasteiger partial charge in [0.25, 0.3) is 0 Å². The Morgan fingerprint density at radius 2 is 2.21 bits per heavy atom. The van der Waals surface area contributed by atoms with Gasteiger partial charge in [-0.3, -0.25) is 4.79 Å². The van der Waals surface area contributed by atoms with Crippen molar-refractivity contribution in [2.45, 2.75) is 17.7 Å². The third kappa shape index (κ3) is 2.59. The number of nitrogens with one attached hydrogen (secondary N) is 1. The molecule has 0 saturated carbocycles. The van der Waals surface area contributed by atoms with Gasteiger partial charge in [-0.15, -0.1) is 0 Å². The molecule has 2 rings (SSSR count). The Morgan fingerprint density at radius 3 is 2.89 bits per heavy atom. The number of amides is 1. The van der Waals surface area contributed by atoms with E-state index in [0.29, 0.717) is 5.56 Å². The van der Waals surface area contributed by atoms with Gasteiger partial charge in [-0.1, -0.05) is 0 Å². The monoisotopic (exact) mass is 279 g/mol. The summed E-state index contributed by atoms with van der Waals surface area (Å²) in [5.41, 5.74) is 1.44. The first-order valence-electron chi connectivity index (χ1n) is 5.72. The number of carbonyl (C=O) groups excluding carboxylic acids is 1. The molecule has 7 heteroatoms. The summed E-state index contributed by atoms with van der Waals surface area (Å²) in [6.07, 6.45) is 0.332. The van der Waals surface area contributed by atoms with Crippen molar-refractivity contribution >= 4 is 21.6 Å². The van der Waals surface area contributed by atoms with Crippen molar-refractivity contribution < 1.29 is 13.2 Å². The van der Waals surface area contributed by atoms with E-state index < -0.39 is 10.0 Å². The predicted octanol–water partition coefficient (Wildman–Crippen LogP) is 0.397. The molecule has 0 atom stereocenters. The van der Waals surface area contributed by atoms with E-state index in [1.165, 1.54) is 17.0 Å². The van der Waals surface area contributed by atoms with E-state index >= 15 is 0 Å². The molecule has 100 valence electrons. The molecule has 1 amide bonds. The zero-order valence-corrected chi connectivity index (χ0v) is 11.2. The topological polar surface area (TPSA) is 90.3 Å². The lowest BCUT2D eigenvalue weighted by molar-refractivity contribution is -0.117. The van der Waals surface area contributed by atoms with Crippen molar-refractivity contribution in [3.8, 4) is 6.07 Å². The molecular formula is C12H13N3O3S. The third-order valence-electron chi connectivity index (χ3n) is 2.97. The zero-order valence-electron chi connectivity index (χ0n) is 10.4. The normalized spacial score (nSPS) is 14.3. The highest BCUT2D eigenvalue weighted by molar-refractivity contribution is 7.89. The van der Waals surface area contributed by atoms with Gasteiger partial charge < -0.3 is 4.90 Å². The Labute approximate surface area is 111 Å². The lowest BCUT2D eigenvalue weighted by Gasteiger charge is -2.11. The van der Waals surface area contributed by atoms with Crippen LogP contribution in [0.2, 0.25) is 0 Å². The molecule has 0 bridgehead atoms. The third-order valence-corrected chi connectivity index (χ3v) is 4.43. The van der Waals surface area contributed by atoms with Crippen LogP contribution in [0.15, 0.2) is 23.1 Å². The first kappa shape index (κ1) is 13.5. The van der Waals surface area contributed by atoms with E-state index in [1.807, 2.05) is 6.07 Å². The smallest absolute Gasteiger partial charge is 0.240 e. The van der Waals surface area contributed by atoms with Crippen LogP contribution in [0.1, 0.15) is 12.0 Å². The van der Waals surface area contributed by atoms with Crippen molar-refractivity contribution in [1.82, 2.24) is 4.72 Å². The maximum atomic E-state index is 12.0. The number of carbonyl (C=O) groups is 1. The molecule has 1 aromatic carbocycles. The van der Waals surface area contributed by atoms with Crippen LogP contribution in [-0.4, -0.2) is 27.9 Å². The van der Waals surface area contributed by atoms with Crippen LogP contribution in [-0.2, 0) is 21.2 Å². The molecule has 0 aliphatic carbocycles. The Kier molecular flexibility index (Phi) is 3.55. The number of hydrogen-bond acceptors (Lipinski definition) is 4. The number of anilines is 1.